The molecule has 4 nitrogen and oxygen atoms in total. The van der Waals surface area contributed by atoms with E-state index in [1.54, 1.807) is 0 Å². The van der Waals surface area contributed by atoms with Gasteiger partial charge >= 0.3 is 5.97 Å². The van der Waals surface area contributed by atoms with Crippen LogP contribution in [0.5, 0.6) is 0 Å². The van der Waals surface area contributed by atoms with Gasteiger partial charge in [0.05, 0.1) is 13.2 Å². The van der Waals surface area contributed by atoms with E-state index in [9.17, 15) is 9.59 Å². The van der Waals surface area contributed by atoms with Crippen LogP contribution in [0.25, 0.3) is 0 Å². The molecule has 1 N–H and O–H groups in total. The average Bonchev–Trinajstić information content (AvgIpc) is 1.98. The Labute approximate surface area is 75.3 Å². The largest absolute Gasteiger partial charge is 0.468 e. The fourth-order valence-electron chi connectivity index (χ4n) is 0.638. The Morgan fingerprint density at radius 2 is 2.00 bits per heavy atom. The third kappa shape index (κ3) is 3.73. The topological polar surface area (TPSA) is 63.6 Å². The second-order valence-corrected chi connectivity index (χ2v) is 3.61. The number of carbonyl (C=O) groups is 2. The van der Waals surface area contributed by atoms with Crippen molar-refractivity contribution < 1.29 is 19.4 Å². The lowest BCUT2D eigenvalue weighted by Gasteiger charge is -2.14. The zero-order valence-electron chi connectivity index (χ0n) is 7.23. The highest BCUT2D eigenvalue weighted by Gasteiger charge is 2.26. The van der Waals surface area contributed by atoms with E-state index in [2.05, 4.69) is 4.74 Å². The minimum atomic E-state index is -0.883. The zero-order valence-corrected chi connectivity index (χ0v) is 8.05. The number of carbonyl (C=O) groups excluding carboxylic acids is 2. The molecule has 0 heterocycles. The Morgan fingerprint density at radius 1 is 1.50 bits per heavy atom. The van der Waals surface area contributed by atoms with Crippen LogP contribution in [0, 0.1) is 0 Å². The lowest BCUT2D eigenvalue weighted by Crippen LogP contribution is -2.30. The summed E-state index contributed by atoms with van der Waals surface area (Å²) in [6.07, 6.45) is -0.883. The fraction of sp³-hybridized carbons (Fsp3) is 0.714. The summed E-state index contributed by atoms with van der Waals surface area (Å²) in [4.78, 5) is 21.6. The minimum Gasteiger partial charge on any atom is -0.468 e. The molecule has 0 spiro atoms. The molecule has 0 aliphatic rings. The number of hydrogen-bond acceptors (Lipinski definition) is 5. The summed E-state index contributed by atoms with van der Waals surface area (Å²) in [6, 6.07) is 0. The Morgan fingerprint density at radius 3 is 2.25 bits per heavy atom. The monoisotopic (exact) mass is 192 g/mol. The third-order valence-electron chi connectivity index (χ3n) is 1.16. The lowest BCUT2D eigenvalue weighted by atomic mass is 10.3. The molecule has 0 aliphatic heterocycles. The van der Waals surface area contributed by atoms with E-state index in [0.717, 1.165) is 11.8 Å². The van der Waals surface area contributed by atoms with Crippen LogP contribution in [-0.4, -0.2) is 34.7 Å². The van der Waals surface area contributed by atoms with Crippen LogP contribution in [0.4, 0.5) is 0 Å². The second-order valence-electron chi connectivity index (χ2n) is 2.29. The van der Waals surface area contributed by atoms with Gasteiger partial charge in [-0.05, 0) is 6.92 Å². The summed E-state index contributed by atoms with van der Waals surface area (Å²) < 4.78 is 4.40. The zero-order chi connectivity index (χ0) is 9.72. The van der Waals surface area contributed by atoms with Crippen LogP contribution >= 0.6 is 11.8 Å². The highest BCUT2D eigenvalue weighted by atomic mass is 32.2. The van der Waals surface area contributed by atoms with Gasteiger partial charge < -0.3 is 9.84 Å². The van der Waals surface area contributed by atoms with E-state index in [4.69, 9.17) is 5.11 Å². The van der Waals surface area contributed by atoms with Gasteiger partial charge in [0, 0.05) is 6.92 Å². The van der Waals surface area contributed by atoms with Crippen molar-refractivity contribution in [1.29, 1.82) is 0 Å². The average molecular weight is 192 g/mol. The van der Waals surface area contributed by atoms with Crippen molar-refractivity contribution in [2.45, 2.75) is 25.2 Å². The smallest absolute Gasteiger partial charge is 0.321 e. The Hall–Kier alpha value is -0.550. The van der Waals surface area contributed by atoms with Crippen LogP contribution < -0.4 is 0 Å². The first kappa shape index (κ1) is 11.4. The Balaban J connectivity index is 4.23. The molecule has 12 heavy (non-hydrogen) atoms. The molecule has 70 valence electrons. The lowest BCUT2D eigenvalue weighted by molar-refractivity contribution is -0.141. The van der Waals surface area contributed by atoms with Crippen LogP contribution in [0.15, 0.2) is 0 Å². The molecule has 0 unspecified atom stereocenters. The van der Waals surface area contributed by atoms with Gasteiger partial charge in [-0.15, -0.1) is 0 Å². The maximum atomic E-state index is 10.9. The number of aliphatic hydroxyl groups excluding tert-OH is 1. The van der Waals surface area contributed by atoms with Crippen molar-refractivity contribution >= 4 is 22.8 Å². The molecule has 0 aromatic heterocycles. The van der Waals surface area contributed by atoms with E-state index in [1.807, 2.05) is 0 Å². The molecule has 0 rings (SSSR count). The summed E-state index contributed by atoms with van der Waals surface area (Å²) in [6.45, 7) is 2.78. The summed E-state index contributed by atoms with van der Waals surface area (Å²) in [5.74, 6) is -0.579. The molecule has 0 saturated carbocycles. The number of ether oxygens (including phenoxy) is 1. The van der Waals surface area contributed by atoms with Gasteiger partial charge in [-0.3, -0.25) is 9.59 Å². The standard InChI is InChI=1S/C7H12O4S/c1-4(8)6(7(10)11-3)12-5(2)9/h4,6,8H,1-3H3/t4-,6-/m1/s1. The number of esters is 1. The highest BCUT2D eigenvalue weighted by Crippen LogP contribution is 2.16. The first-order chi connectivity index (χ1) is 5.49. The van der Waals surface area contributed by atoms with Crippen molar-refractivity contribution in [2.24, 2.45) is 0 Å². The quantitative estimate of drug-likeness (QED) is 0.647. The van der Waals surface area contributed by atoms with Crippen molar-refractivity contribution in [3.8, 4) is 0 Å². The Kier molecular flexibility index (Phi) is 4.92. The molecule has 2 atom stereocenters. The second kappa shape index (κ2) is 5.16. The number of aliphatic hydroxyl groups is 1. The molecular formula is C7H12O4S. The number of methoxy groups -OCH3 is 1. The summed E-state index contributed by atoms with van der Waals surface area (Å²) in [5.41, 5.74) is 0. The normalized spacial score (nSPS) is 15.0. The molecule has 0 fully saturated rings. The van der Waals surface area contributed by atoms with Crippen LogP contribution in [0.1, 0.15) is 13.8 Å². The van der Waals surface area contributed by atoms with Gasteiger partial charge in [0.1, 0.15) is 5.25 Å². The number of thioether (sulfide) groups is 1. The maximum absolute atomic E-state index is 10.9. The predicted octanol–water partition coefficient (Wildman–Crippen LogP) is 0.188. The van der Waals surface area contributed by atoms with Crippen molar-refractivity contribution in [1.82, 2.24) is 0 Å². The van der Waals surface area contributed by atoms with E-state index in [1.165, 1.54) is 21.0 Å². The van der Waals surface area contributed by atoms with Gasteiger partial charge in [-0.25, -0.2) is 0 Å². The molecule has 5 heteroatoms. The minimum absolute atomic E-state index is 0.216. The summed E-state index contributed by atoms with van der Waals surface area (Å²) >= 11 is 0.777. The number of rotatable bonds is 3. The van der Waals surface area contributed by atoms with E-state index < -0.39 is 17.3 Å². The first-order valence-electron chi connectivity index (χ1n) is 3.42. The van der Waals surface area contributed by atoms with Crippen molar-refractivity contribution in [3.63, 3.8) is 0 Å². The Bertz CT molecular complexity index is 178. The van der Waals surface area contributed by atoms with Crippen LogP contribution in [0.2, 0.25) is 0 Å². The highest BCUT2D eigenvalue weighted by molar-refractivity contribution is 8.14. The summed E-state index contributed by atoms with van der Waals surface area (Å²) in [7, 11) is 1.22. The molecule has 0 aromatic carbocycles. The van der Waals surface area contributed by atoms with E-state index in [0.29, 0.717) is 0 Å². The van der Waals surface area contributed by atoms with Crippen molar-refractivity contribution in [2.75, 3.05) is 7.11 Å². The predicted molar refractivity (Wildman–Crippen MR) is 45.8 cm³/mol. The third-order valence-corrected chi connectivity index (χ3v) is 2.34. The van der Waals surface area contributed by atoms with Gasteiger partial charge in [0.25, 0.3) is 0 Å². The van der Waals surface area contributed by atoms with Gasteiger partial charge in [0.2, 0.25) is 0 Å². The van der Waals surface area contributed by atoms with Gasteiger partial charge in [-0.1, -0.05) is 11.8 Å². The summed E-state index contributed by atoms with van der Waals surface area (Å²) in [5, 5.41) is 8.06. The SMILES string of the molecule is COC(=O)[C@H](SC(C)=O)[C@@H](C)O. The number of hydrogen-bond donors (Lipinski definition) is 1. The van der Waals surface area contributed by atoms with E-state index in [-0.39, 0.29) is 5.12 Å². The molecule has 0 bridgehead atoms. The van der Waals surface area contributed by atoms with Crippen molar-refractivity contribution in [3.05, 3.63) is 0 Å². The molecule has 0 saturated heterocycles. The molecule has 0 radical (unpaired) electrons. The van der Waals surface area contributed by atoms with Crippen LogP contribution in [0.3, 0.4) is 0 Å². The van der Waals surface area contributed by atoms with Crippen LogP contribution in [-0.2, 0) is 14.3 Å². The maximum Gasteiger partial charge on any atom is 0.321 e. The van der Waals surface area contributed by atoms with Gasteiger partial charge in [0.15, 0.2) is 5.12 Å². The molecule has 0 aromatic rings. The van der Waals surface area contributed by atoms with E-state index >= 15 is 0 Å². The molecular weight excluding hydrogens is 180 g/mol. The fourth-order valence-corrected chi connectivity index (χ4v) is 1.39. The van der Waals surface area contributed by atoms with Gasteiger partial charge in [-0.2, -0.15) is 0 Å². The molecule has 0 aliphatic carbocycles. The first-order valence-corrected chi connectivity index (χ1v) is 4.30. The molecule has 0 amide bonds.